The zero-order valence-electron chi connectivity index (χ0n) is 13.8. The van der Waals surface area contributed by atoms with Crippen LogP contribution in [0, 0.1) is 11.3 Å². The molecule has 0 spiro atoms. The van der Waals surface area contributed by atoms with Crippen LogP contribution in [0.5, 0.6) is 0 Å². The standard InChI is InChI=1S/C17H25NO.2ClH.Ti/c1-10-8-6-7-9-17(10,16(18)19)15-13(4)11(2)12(3)14(15)5;;;/h13H,1,6-9H2,2-5H3,(H2,18,19);2*1H;/q;;;+3/p-3. The molecular formula is C17H24Cl2NOTi. The topological polar surface area (TPSA) is 40.9 Å². The minimum Gasteiger partial charge on any atom is -1.00 e. The average Bonchev–Trinajstić information content (AvgIpc) is 2.55. The van der Waals surface area contributed by atoms with Crippen LogP contribution in [0.2, 0.25) is 0 Å². The maximum absolute atomic E-state index is 12.2. The summed E-state index contributed by atoms with van der Waals surface area (Å²) in [6, 6.07) is 0. The number of hydrogen-bond acceptors (Lipinski definition) is 1. The molecule has 2 atom stereocenters. The molecule has 1 radical (unpaired) electrons. The van der Waals surface area contributed by atoms with Gasteiger partial charge in [0.25, 0.3) is 0 Å². The number of rotatable bonds is 2. The molecule has 0 aliphatic heterocycles. The fourth-order valence-corrected chi connectivity index (χ4v) is 3.89. The Morgan fingerprint density at radius 1 is 1.18 bits per heavy atom. The number of allylic oxidation sites excluding steroid dienone is 3. The van der Waals surface area contributed by atoms with E-state index in [9.17, 15) is 4.79 Å². The molecule has 0 bridgehead atoms. The fourth-order valence-electron chi connectivity index (χ4n) is 3.89. The molecule has 5 heteroatoms. The van der Waals surface area contributed by atoms with Gasteiger partial charge >= 0.3 is 21.7 Å². The molecule has 0 heterocycles. The SMILES string of the molecule is C=C1CCCCC1(C([NH-])=O)C1=C(C)C(C)=C(C)C1C.[Cl-].[Cl-].[Ti+3]. The van der Waals surface area contributed by atoms with Crippen LogP contribution in [0.4, 0.5) is 0 Å². The van der Waals surface area contributed by atoms with Gasteiger partial charge in [0.2, 0.25) is 0 Å². The molecule has 0 aromatic rings. The summed E-state index contributed by atoms with van der Waals surface area (Å²) < 4.78 is 0. The van der Waals surface area contributed by atoms with E-state index < -0.39 is 11.3 Å². The Hall–Kier alpha value is -0.0157. The van der Waals surface area contributed by atoms with Crippen LogP contribution in [0.15, 0.2) is 34.4 Å². The zero-order valence-corrected chi connectivity index (χ0v) is 16.9. The quantitative estimate of drug-likeness (QED) is 0.449. The van der Waals surface area contributed by atoms with Crippen molar-refractivity contribution in [2.45, 2.75) is 53.4 Å². The molecular weight excluding hydrogens is 353 g/mol. The van der Waals surface area contributed by atoms with E-state index in [1.54, 1.807) is 0 Å². The van der Waals surface area contributed by atoms with Gasteiger partial charge in [0.1, 0.15) is 0 Å². The number of carbonyl (C=O) groups is 1. The Bertz CT molecular complexity index is 525. The molecule has 1 N–H and O–H groups in total. The summed E-state index contributed by atoms with van der Waals surface area (Å²) in [6.45, 7) is 12.7. The molecule has 1 fully saturated rings. The van der Waals surface area contributed by atoms with E-state index in [0.29, 0.717) is 0 Å². The van der Waals surface area contributed by atoms with Crippen LogP contribution in [0.3, 0.4) is 0 Å². The van der Waals surface area contributed by atoms with Crippen molar-refractivity contribution < 1.29 is 51.3 Å². The van der Waals surface area contributed by atoms with Crippen LogP contribution < -0.4 is 24.8 Å². The second kappa shape index (κ2) is 8.73. The van der Waals surface area contributed by atoms with Gasteiger partial charge in [0.05, 0.1) is 11.3 Å². The van der Waals surface area contributed by atoms with Gasteiger partial charge in [-0.3, -0.25) is 0 Å². The van der Waals surface area contributed by atoms with Crippen molar-refractivity contribution in [3.8, 4) is 0 Å². The summed E-state index contributed by atoms with van der Waals surface area (Å²) in [6.07, 6.45) is 3.77. The van der Waals surface area contributed by atoms with Crippen molar-refractivity contribution in [1.29, 1.82) is 0 Å². The Balaban J connectivity index is 0. The molecule has 0 aromatic carbocycles. The molecule has 2 rings (SSSR count). The van der Waals surface area contributed by atoms with Gasteiger partial charge in [-0.25, -0.2) is 0 Å². The number of nitrogens with one attached hydrogen (secondary N) is 1. The summed E-state index contributed by atoms with van der Waals surface area (Å²) in [4.78, 5) is 12.2. The van der Waals surface area contributed by atoms with Crippen LogP contribution in [0.25, 0.3) is 5.73 Å². The van der Waals surface area contributed by atoms with Gasteiger partial charge in [-0.05, 0) is 56.8 Å². The molecule has 2 unspecified atom stereocenters. The normalized spacial score (nSPS) is 27.8. The van der Waals surface area contributed by atoms with Crippen molar-refractivity contribution in [3.63, 3.8) is 0 Å². The first-order valence-corrected chi connectivity index (χ1v) is 7.17. The summed E-state index contributed by atoms with van der Waals surface area (Å²) in [5.74, 6) is -0.190. The van der Waals surface area contributed by atoms with Gasteiger partial charge in [0, 0.05) is 5.92 Å². The molecule has 2 nitrogen and oxygen atoms in total. The van der Waals surface area contributed by atoms with E-state index in [4.69, 9.17) is 5.73 Å². The van der Waals surface area contributed by atoms with E-state index in [1.807, 2.05) is 0 Å². The van der Waals surface area contributed by atoms with E-state index >= 15 is 0 Å². The second-order valence-corrected chi connectivity index (χ2v) is 6.11. The molecule has 2 aliphatic carbocycles. The minimum atomic E-state index is -0.708. The van der Waals surface area contributed by atoms with E-state index in [1.165, 1.54) is 16.7 Å². The van der Waals surface area contributed by atoms with Crippen LogP contribution >= 0.6 is 0 Å². The number of hydrogen-bond donors (Lipinski definition) is 0. The maximum Gasteiger partial charge on any atom is 3.00 e. The summed E-state index contributed by atoms with van der Waals surface area (Å²) in [5, 5.41) is 0. The van der Waals surface area contributed by atoms with Crippen LogP contribution in [-0.2, 0) is 26.5 Å². The number of amides is 1. The van der Waals surface area contributed by atoms with Gasteiger partial charge in [0.15, 0.2) is 0 Å². The molecule has 2 aliphatic rings. The van der Waals surface area contributed by atoms with Gasteiger partial charge in [-0.15, -0.1) is 0 Å². The smallest absolute Gasteiger partial charge is 1.00 e. The summed E-state index contributed by atoms with van der Waals surface area (Å²) in [5.41, 5.74) is 13.1. The van der Waals surface area contributed by atoms with Crippen molar-refractivity contribution in [2.24, 2.45) is 11.3 Å². The number of carbonyl (C=O) groups excluding carboxylic acids is 1. The van der Waals surface area contributed by atoms with E-state index in [0.717, 1.165) is 36.8 Å². The molecule has 1 amide bonds. The predicted octanol–water partition coefficient (Wildman–Crippen LogP) is -1.01. The number of halogens is 2. The first-order valence-electron chi connectivity index (χ1n) is 7.17. The summed E-state index contributed by atoms with van der Waals surface area (Å²) in [7, 11) is 0. The Labute approximate surface area is 161 Å². The first-order chi connectivity index (χ1) is 8.84. The minimum absolute atomic E-state index is 0. The van der Waals surface area contributed by atoms with Crippen LogP contribution in [-0.4, -0.2) is 5.91 Å². The predicted molar refractivity (Wildman–Crippen MR) is 79.6 cm³/mol. The molecule has 1 saturated carbocycles. The van der Waals surface area contributed by atoms with Crippen molar-refractivity contribution >= 4 is 5.91 Å². The van der Waals surface area contributed by atoms with Crippen molar-refractivity contribution in [2.75, 3.05) is 0 Å². The third-order valence-electron chi connectivity index (χ3n) is 5.37. The molecule has 0 aromatic heterocycles. The van der Waals surface area contributed by atoms with Gasteiger partial charge < -0.3 is 35.3 Å². The monoisotopic (exact) mass is 376 g/mol. The second-order valence-electron chi connectivity index (χ2n) is 6.11. The Kier molecular flexibility index (Phi) is 9.62. The Morgan fingerprint density at radius 2 is 1.73 bits per heavy atom. The van der Waals surface area contributed by atoms with Gasteiger partial charge in [-0.1, -0.05) is 31.1 Å². The maximum atomic E-state index is 12.2. The zero-order chi connectivity index (χ0) is 14.4. The molecule has 0 saturated heterocycles. The fraction of sp³-hybridized carbons (Fsp3) is 0.588. The third-order valence-corrected chi connectivity index (χ3v) is 5.37. The van der Waals surface area contributed by atoms with Crippen LogP contribution in [0.1, 0.15) is 53.4 Å². The van der Waals surface area contributed by atoms with E-state index in [-0.39, 0.29) is 52.4 Å². The molecule has 22 heavy (non-hydrogen) atoms. The average molecular weight is 377 g/mol. The summed E-state index contributed by atoms with van der Waals surface area (Å²) >= 11 is 0. The first kappa shape index (κ1) is 24.2. The largest absolute Gasteiger partial charge is 3.00 e. The Morgan fingerprint density at radius 3 is 2.09 bits per heavy atom. The van der Waals surface area contributed by atoms with Crippen molar-refractivity contribution in [3.05, 3.63) is 40.2 Å². The molecule has 121 valence electrons. The van der Waals surface area contributed by atoms with Gasteiger partial charge in [-0.2, -0.15) is 0 Å². The third kappa shape index (κ3) is 3.41. The van der Waals surface area contributed by atoms with Crippen molar-refractivity contribution in [1.82, 2.24) is 0 Å². The van der Waals surface area contributed by atoms with E-state index in [2.05, 4.69) is 34.3 Å².